The molecular weight excluding hydrogens is 354 g/mol. The van der Waals surface area contributed by atoms with Crippen LogP contribution in [0.1, 0.15) is 25.8 Å². The Hall–Kier alpha value is -1.33. The zero-order chi connectivity index (χ0) is 15.2. The minimum Gasteiger partial charge on any atom is -0.437 e. The van der Waals surface area contributed by atoms with Gasteiger partial charge in [-0.15, -0.1) is 0 Å². The van der Waals surface area contributed by atoms with Gasteiger partial charge in [-0.2, -0.15) is 0 Å². The molecular formula is C15H17BrClN3O. The zero-order valence-corrected chi connectivity index (χ0v) is 14.3. The summed E-state index contributed by atoms with van der Waals surface area (Å²) < 4.78 is 6.77. The Bertz CT molecular complexity index is 622. The summed E-state index contributed by atoms with van der Waals surface area (Å²) in [7, 11) is 0. The van der Waals surface area contributed by atoms with Crippen LogP contribution in [-0.4, -0.2) is 16.5 Å². The molecule has 1 heterocycles. The van der Waals surface area contributed by atoms with Crippen LogP contribution in [0.3, 0.4) is 0 Å². The number of benzene rings is 1. The minimum absolute atomic E-state index is 0.535. The molecule has 6 heteroatoms. The molecule has 0 atom stereocenters. The first-order chi connectivity index (χ1) is 10.2. The van der Waals surface area contributed by atoms with E-state index in [4.69, 9.17) is 16.3 Å². The van der Waals surface area contributed by atoms with Crippen molar-refractivity contribution in [3.63, 3.8) is 0 Å². The molecule has 0 amide bonds. The van der Waals surface area contributed by atoms with Crippen molar-refractivity contribution in [2.75, 3.05) is 11.9 Å². The second kappa shape index (κ2) is 7.61. The SMILES string of the molecule is CCCNc1ncnc(Oc2ccc(Br)cc2Cl)c1CC. The van der Waals surface area contributed by atoms with Crippen molar-refractivity contribution in [2.24, 2.45) is 0 Å². The van der Waals surface area contributed by atoms with Crippen molar-refractivity contribution in [3.8, 4) is 11.6 Å². The van der Waals surface area contributed by atoms with Gasteiger partial charge in [-0.3, -0.25) is 0 Å². The maximum atomic E-state index is 6.18. The van der Waals surface area contributed by atoms with Crippen molar-refractivity contribution in [3.05, 3.63) is 39.6 Å². The number of halogens is 2. The quantitative estimate of drug-likeness (QED) is 0.771. The summed E-state index contributed by atoms with van der Waals surface area (Å²) in [6.45, 7) is 5.02. The molecule has 0 aliphatic heterocycles. The highest BCUT2D eigenvalue weighted by molar-refractivity contribution is 9.10. The van der Waals surface area contributed by atoms with Gasteiger partial charge in [0.1, 0.15) is 17.9 Å². The van der Waals surface area contributed by atoms with E-state index in [9.17, 15) is 0 Å². The minimum atomic E-state index is 0.535. The fraction of sp³-hybridized carbons (Fsp3) is 0.333. The molecule has 0 radical (unpaired) electrons. The maximum Gasteiger partial charge on any atom is 0.227 e. The van der Waals surface area contributed by atoms with Crippen LogP contribution in [0, 0.1) is 0 Å². The highest BCUT2D eigenvalue weighted by Gasteiger charge is 2.13. The van der Waals surface area contributed by atoms with Gasteiger partial charge in [-0.25, -0.2) is 9.97 Å². The van der Waals surface area contributed by atoms with E-state index in [0.717, 1.165) is 35.2 Å². The summed E-state index contributed by atoms with van der Waals surface area (Å²) >= 11 is 9.56. The lowest BCUT2D eigenvalue weighted by Crippen LogP contribution is -2.07. The Balaban J connectivity index is 2.30. The lowest BCUT2D eigenvalue weighted by molar-refractivity contribution is 0.455. The Morgan fingerprint density at radius 3 is 2.76 bits per heavy atom. The van der Waals surface area contributed by atoms with E-state index in [1.807, 2.05) is 19.1 Å². The lowest BCUT2D eigenvalue weighted by atomic mass is 10.2. The van der Waals surface area contributed by atoms with Gasteiger partial charge in [0.2, 0.25) is 5.88 Å². The molecule has 112 valence electrons. The topological polar surface area (TPSA) is 47.0 Å². The average molecular weight is 371 g/mol. The Morgan fingerprint density at radius 2 is 2.10 bits per heavy atom. The van der Waals surface area contributed by atoms with Gasteiger partial charge in [-0.1, -0.05) is 41.4 Å². The van der Waals surface area contributed by atoms with Gasteiger partial charge >= 0.3 is 0 Å². The molecule has 0 bridgehead atoms. The van der Waals surface area contributed by atoms with Crippen molar-refractivity contribution in [1.29, 1.82) is 0 Å². The van der Waals surface area contributed by atoms with Gasteiger partial charge in [0, 0.05) is 11.0 Å². The largest absolute Gasteiger partial charge is 0.437 e. The fourth-order valence-electron chi connectivity index (χ4n) is 1.86. The van der Waals surface area contributed by atoms with Crippen LogP contribution < -0.4 is 10.1 Å². The maximum absolute atomic E-state index is 6.18. The zero-order valence-electron chi connectivity index (χ0n) is 12.0. The second-order valence-corrected chi connectivity index (χ2v) is 5.79. The summed E-state index contributed by atoms with van der Waals surface area (Å²) in [5.41, 5.74) is 0.949. The van der Waals surface area contributed by atoms with Gasteiger partial charge < -0.3 is 10.1 Å². The first-order valence-corrected chi connectivity index (χ1v) is 8.03. The van der Waals surface area contributed by atoms with E-state index < -0.39 is 0 Å². The van der Waals surface area contributed by atoms with E-state index in [2.05, 4.69) is 38.1 Å². The second-order valence-electron chi connectivity index (χ2n) is 4.46. The average Bonchev–Trinajstić information content (AvgIpc) is 2.48. The Kier molecular flexibility index (Phi) is 5.82. The van der Waals surface area contributed by atoms with Crippen LogP contribution in [0.15, 0.2) is 29.0 Å². The van der Waals surface area contributed by atoms with E-state index >= 15 is 0 Å². The van der Waals surface area contributed by atoms with Crippen molar-refractivity contribution in [1.82, 2.24) is 9.97 Å². The monoisotopic (exact) mass is 369 g/mol. The number of rotatable bonds is 6. The molecule has 4 nitrogen and oxygen atoms in total. The molecule has 0 unspecified atom stereocenters. The summed E-state index contributed by atoms with van der Waals surface area (Å²) in [6, 6.07) is 5.48. The molecule has 2 rings (SSSR count). The summed E-state index contributed by atoms with van der Waals surface area (Å²) in [6.07, 6.45) is 3.30. The van der Waals surface area contributed by atoms with E-state index in [1.54, 1.807) is 6.07 Å². The van der Waals surface area contributed by atoms with E-state index in [-0.39, 0.29) is 0 Å². The summed E-state index contributed by atoms with van der Waals surface area (Å²) in [5.74, 6) is 1.93. The molecule has 2 aromatic rings. The van der Waals surface area contributed by atoms with Crippen LogP contribution in [0.2, 0.25) is 5.02 Å². The number of nitrogens with zero attached hydrogens (tertiary/aromatic N) is 2. The van der Waals surface area contributed by atoms with Crippen LogP contribution in [0.5, 0.6) is 11.6 Å². The van der Waals surface area contributed by atoms with Crippen LogP contribution in [0.4, 0.5) is 5.82 Å². The summed E-state index contributed by atoms with van der Waals surface area (Å²) in [4.78, 5) is 8.52. The highest BCUT2D eigenvalue weighted by Crippen LogP contribution is 2.33. The normalized spacial score (nSPS) is 10.5. The summed E-state index contributed by atoms with van der Waals surface area (Å²) in [5, 5.41) is 3.83. The molecule has 0 aliphatic carbocycles. The van der Waals surface area contributed by atoms with E-state index in [0.29, 0.717) is 16.7 Å². The Labute approximate surface area is 138 Å². The lowest BCUT2D eigenvalue weighted by Gasteiger charge is -2.14. The van der Waals surface area contributed by atoms with Gasteiger partial charge in [0.05, 0.1) is 10.6 Å². The number of nitrogens with one attached hydrogen (secondary N) is 1. The van der Waals surface area contributed by atoms with Gasteiger partial charge in [0.25, 0.3) is 0 Å². The molecule has 0 saturated heterocycles. The molecule has 0 aliphatic rings. The molecule has 0 spiro atoms. The van der Waals surface area contributed by atoms with Crippen LogP contribution >= 0.6 is 27.5 Å². The van der Waals surface area contributed by atoms with Crippen molar-refractivity contribution in [2.45, 2.75) is 26.7 Å². The van der Waals surface area contributed by atoms with Crippen LogP contribution in [-0.2, 0) is 6.42 Å². The van der Waals surface area contributed by atoms with Crippen molar-refractivity contribution >= 4 is 33.3 Å². The molecule has 0 fully saturated rings. The highest BCUT2D eigenvalue weighted by atomic mass is 79.9. The third kappa shape index (κ3) is 4.08. The fourth-order valence-corrected chi connectivity index (χ4v) is 2.57. The number of ether oxygens (including phenoxy) is 1. The van der Waals surface area contributed by atoms with Crippen LogP contribution in [0.25, 0.3) is 0 Å². The number of hydrogen-bond donors (Lipinski definition) is 1. The molecule has 21 heavy (non-hydrogen) atoms. The first kappa shape index (κ1) is 16.0. The standard InChI is InChI=1S/C15H17BrClN3O/c1-3-7-18-14-11(4-2)15(20-9-19-14)21-13-6-5-10(16)8-12(13)17/h5-6,8-9H,3-4,7H2,1-2H3,(H,18,19,20). The smallest absolute Gasteiger partial charge is 0.227 e. The van der Waals surface area contributed by atoms with Gasteiger partial charge in [0.15, 0.2) is 0 Å². The number of hydrogen-bond acceptors (Lipinski definition) is 4. The predicted molar refractivity (Wildman–Crippen MR) is 89.4 cm³/mol. The number of anilines is 1. The van der Waals surface area contributed by atoms with E-state index in [1.165, 1.54) is 6.33 Å². The third-order valence-corrected chi connectivity index (χ3v) is 3.69. The predicted octanol–water partition coefficient (Wildman–Crippen LogP) is 5.07. The number of aromatic nitrogens is 2. The molecule has 0 saturated carbocycles. The molecule has 1 N–H and O–H groups in total. The molecule has 1 aromatic heterocycles. The first-order valence-electron chi connectivity index (χ1n) is 6.86. The molecule has 1 aromatic carbocycles. The third-order valence-electron chi connectivity index (χ3n) is 2.90. The van der Waals surface area contributed by atoms with Gasteiger partial charge in [-0.05, 0) is 31.0 Å². The van der Waals surface area contributed by atoms with Crippen molar-refractivity contribution < 1.29 is 4.74 Å². The Morgan fingerprint density at radius 1 is 1.29 bits per heavy atom.